The Morgan fingerprint density at radius 3 is 2.33 bits per heavy atom. The van der Waals surface area contributed by atoms with Crippen molar-refractivity contribution in [3.8, 4) is 0 Å². The molecule has 2 aromatic carbocycles. The average molecular weight is 370 g/mol. The predicted octanol–water partition coefficient (Wildman–Crippen LogP) is 4.50. The second kappa shape index (κ2) is 10.1. The van der Waals surface area contributed by atoms with Crippen molar-refractivity contribution in [1.82, 2.24) is 5.32 Å². The van der Waals surface area contributed by atoms with Crippen LogP contribution in [0.3, 0.4) is 0 Å². The van der Waals surface area contributed by atoms with Crippen molar-refractivity contribution in [2.75, 3.05) is 6.61 Å². The molecule has 0 aliphatic heterocycles. The molecule has 0 saturated carbocycles. The lowest BCUT2D eigenvalue weighted by molar-refractivity contribution is -0.148. The first-order valence-corrected chi connectivity index (χ1v) is 9.79. The summed E-state index contributed by atoms with van der Waals surface area (Å²) in [5, 5.41) is 5.15. The summed E-state index contributed by atoms with van der Waals surface area (Å²) in [5.74, 6) is 0.236. The Morgan fingerprint density at radius 2 is 1.67 bits per heavy atom. The normalized spacial score (nSPS) is 12.4. The topological polar surface area (TPSA) is 55.4 Å². The molecule has 0 aromatic heterocycles. The number of ether oxygens (including phenoxy) is 1. The Labute approximate surface area is 162 Å². The van der Waals surface area contributed by atoms with E-state index in [0.717, 1.165) is 22.8 Å². The first-order chi connectivity index (χ1) is 12.8. The minimum Gasteiger partial charge on any atom is -0.464 e. The molecule has 2 rings (SSSR count). The van der Waals surface area contributed by atoms with Crippen LogP contribution in [0, 0.1) is 11.8 Å². The van der Waals surface area contributed by atoms with E-state index in [0.29, 0.717) is 25.4 Å². The minimum atomic E-state index is -0.662. The maximum absolute atomic E-state index is 12.6. The molecule has 0 radical (unpaired) electrons. The van der Waals surface area contributed by atoms with E-state index in [1.807, 2.05) is 44.2 Å². The molecule has 4 nitrogen and oxygen atoms in total. The van der Waals surface area contributed by atoms with Crippen LogP contribution in [-0.4, -0.2) is 24.5 Å². The molecular formula is C23H31NO3. The van der Waals surface area contributed by atoms with Crippen LogP contribution in [0.15, 0.2) is 42.5 Å². The Hall–Kier alpha value is -2.36. The predicted molar refractivity (Wildman–Crippen MR) is 109 cm³/mol. The van der Waals surface area contributed by atoms with Gasteiger partial charge in [-0.3, -0.25) is 4.79 Å². The SMILES string of the molecule is CC(C)CCC(=O)NC(Cc1ccc2ccccc2c1)C(=O)OCC(C)C. The fourth-order valence-electron chi connectivity index (χ4n) is 2.83. The van der Waals surface area contributed by atoms with Crippen molar-refractivity contribution < 1.29 is 14.3 Å². The molecule has 0 bridgehead atoms. The number of rotatable bonds is 9. The summed E-state index contributed by atoms with van der Waals surface area (Å²) in [5.41, 5.74) is 1.00. The van der Waals surface area contributed by atoms with Gasteiger partial charge in [-0.2, -0.15) is 0 Å². The quantitative estimate of drug-likeness (QED) is 0.662. The third-order valence-electron chi connectivity index (χ3n) is 4.38. The summed E-state index contributed by atoms with van der Waals surface area (Å²) in [4.78, 5) is 24.8. The van der Waals surface area contributed by atoms with E-state index >= 15 is 0 Å². The molecule has 0 spiro atoms. The first kappa shape index (κ1) is 20.9. The number of nitrogens with one attached hydrogen (secondary N) is 1. The van der Waals surface area contributed by atoms with E-state index in [4.69, 9.17) is 4.74 Å². The third kappa shape index (κ3) is 7.05. The van der Waals surface area contributed by atoms with Crippen LogP contribution in [0.2, 0.25) is 0 Å². The molecule has 146 valence electrons. The van der Waals surface area contributed by atoms with Gasteiger partial charge in [0.15, 0.2) is 0 Å². The highest BCUT2D eigenvalue weighted by molar-refractivity contribution is 5.86. The van der Waals surface area contributed by atoms with E-state index in [-0.39, 0.29) is 17.8 Å². The fourth-order valence-corrected chi connectivity index (χ4v) is 2.83. The summed E-state index contributed by atoms with van der Waals surface area (Å²) in [6.07, 6.45) is 1.65. The second-order valence-electron chi connectivity index (χ2n) is 7.96. The molecule has 0 aliphatic carbocycles. The molecule has 0 heterocycles. The summed E-state index contributed by atoms with van der Waals surface area (Å²) in [7, 11) is 0. The van der Waals surface area contributed by atoms with Crippen molar-refractivity contribution in [3.05, 3.63) is 48.0 Å². The van der Waals surface area contributed by atoms with Gasteiger partial charge in [0.2, 0.25) is 5.91 Å². The van der Waals surface area contributed by atoms with Gasteiger partial charge in [0, 0.05) is 12.8 Å². The minimum absolute atomic E-state index is 0.101. The second-order valence-corrected chi connectivity index (χ2v) is 7.96. The molecule has 1 N–H and O–H groups in total. The number of fused-ring (bicyclic) bond motifs is 1. The van der Waals surface area contributed by atoms with Crippen molar-refractivity contribution in [2.24, 2.45) is 11.8 Å². The molecule has 2 aromatic rings. The molecule has 0 fully saturated rings. The molecule has 1 amide bonds. The van der Waals surface area contributed by atoms with Crippen LogP contribution < -0.4 is 5.32 Å². The van der Waals surface area contributed by atoms with Gasteiger partial charge in [-0.15, -0.1) is 0 Å². The smallest absolute Gasteiger partial charge is 0.328 e. The summed E-state index contributed by atoms with van der Waals surface area (Å²) >= 11 is 0. The molecule has 1 unspecified atom stereocenters. The van der Waals surface area contributed by atoms with Crippen LogP contribution in [0.4, 0.5) is 0 Å². The molecular weight excluding hydrogens is 338 g/mol. The molecule has 27 heavy (non-hydrogen) atoms. The van der Waals surface area contributed by atoms with Gasteiger partial charge < -0.3 is 10.1 Å². The number of hydrogen-bond donors (Lipinski definition) is 1. The zero-order chi connectivity index (χ0) is 19.8. The lowest BCUT2D eigenvalue weighted by Gasteiger charge is -2.19. The van der Waals surface area contributed by atoms with Crippen LogP contribution in [0.25, 0.3) is 10.8 Å². The van der Waals surface area contributed by atoms with Gasteiger partial charge in [-0.1, -0.05) is 70.2 Å². The van der Waals surface area contributed by atoms with E-state index in [1.165, 1.54) is 0 Å². The number of carbonyl (C=O) groups is 2. The Morgan fingerprint density at radius 1 is 0.963 bits per heavy atom. The van der Waals surface area contributed by atoms with Gasteiger partial charge in [0.05, 0.1) is 6.61 Å². The van der Waals surface area contributed by atoms with Crippen molar-refractivity contribution in [2.45, 2.75) is 53.0 Å². The van der Waals surface area contributed by atoms with Crippen LogP contribution in [-0.2, 0) is 20.7 Å². The zero-order valence-electron chi connectivity index (χ0n) is 16.8. The van der Waals surface area contributed by atoms with Crippen molar-refractivity contribution in [1.29, 1.82) is 0 Å². The van der Waals surface area contributed by atoms with Crippen LogP contribution in [0.1, 0.15) is 46.1 Å². The Balaban J connectivity index is 2.11. The van der Waals surface area contributed by atoms with Gasteiger partial charge >= 0.3 is 5.97 Å². The van der Waals surface area contributed by atoms with Crippen molar-refractivity contribution in [3.63, 3.8) is 0 Å². The molecule has 0 saturated heterocycles. The standard InChI is InChI=1S/C23H31NO3/c1-16(2)9-12-22(25)24-21(23(26)27-15-17(3)4)14-18-10-11-19-7-5-6-8-20(19)13-18/h5-8,10-11,13,16-17,21H,9,12,14-15H2,1-4H3,(H,24,25). The monoisotopic (exact) mass is 369 g/mol. The highest BCUT2D eigenvalue weighted by Gasteiger charge is 2.23. The van der Waals surface area contributed by atoms with Gasteiger partial charge in [0.1, 0.15) is 6.04 Å². The zero-order valence-corrected chi connectivity index (χ0v) is 16.8. The van der Waals surface area contributed by atoms with Gasteiger partial charge in [-0.05, 0) is 34.6 Å². The summed E-state index contributed by atoms with van der Waals surface area (Å²) in [6, 6.07) is 13.6. The van der Waals surface area contributed by atoms with E-state index in [1.54, 1.807) is 0 Å². The number of esters is 1. The third-order valence-corrected chi connectivity index (χ3v) is 4.38. The highest BCUT2D eigenvalue weighted by atomic mass is 16.5. The molecule has 4 heteroatoms. The van der Waals surface area contributed by atoms with Gasteiger partial charge in [-0.25, -0.2) is 4.79 Å². The summed E-state index contributed by atoms with van der Waals surface area (Å²) in [6.45, 7) is 8.50. The average Bonchev–Trinajstić information content (AvgIpc) is 2.63. The first-order valence-electron chi connectivity index (χ1n) is 9.79. The maximum atomic E-state index is 12.6. The van der Waals surface area contributed by atoms with Crippen molar-refractivity contribution >= 4 is 22.6 Å². The van der Waals surface area contributed by atoms with Crippen LogP contribution >= 0.6 is 0 Å². The number of carbonyl (C=O) groups excluding carboxylic acids is 2. The number of hydrogen-bond acceptors (Lipinski definition) is 3. The van der Waals surface area contributed by atoms with E-state index < -0.39 is 6.04 Å². The Bertz CT molecular complexity index is 767. The summed E-state index contributed by atoms with van der Waals surface area (Å²) < 4.78 is 5.40. The Kier molecular flexibility index (Phi) is 7.83. The highest BCUT2D eigenvalue weighted by Crippen LogP contribution is 2.17. The van der Waals surface area contributed by atoms with E-state index in [2.05, 4.69) is 31.3 Å². The van der Waals surface area contributed by atoms with Crippen LogP contribution in [0.5, 0.6) is 0 Å². The molecule has 1 atom stereocenters. The largest absolute Gasteiger partial charge is 0.464 e. The fraction of sp³-hybridized carbons (Fsp3) is 0.478. The van der Waals surface area contributed by atoms with E-state index in [9.17, 15) is 9.59 Å². The lowest BCUT2D eigenvalue weighted by Crippen LogP contribution is -2.43. The maximum Gasteiger partial charge on any atom is 0.328 e. The lowest BCUT2D eigenvalue weighted by atomic mass is 10.0. The van der Waals surface area contributed by atoms with Gasteiger partial charge in [0.25, 0.3) is 0 Å². The number of benzene rings is 2. The molecule has 0 aliphatic rings. The number of amides is 1.